The van der Waals surface area contributed by atoms with Crippen LogP contribution in [0.25, 0.3) is 11.0 Å². The summed E-state index contributed by atoms with van der Waals surface area (Å²) in [5.41, 5.74) is 8.15. The van der Waals surface area contributed by atoms with Crippen LogP contribution in [-0.4, -0.2) is 6.79 Å². The summed E-state index contributed by atoms with van der Waals surface area (Å²) in [6.07, 6.45) is 0.462. The predicted octanol–water partition coefficient (Wildman–Crippen LogP) is 2.69. The Morgan fingerprint density at radius 1 is 1.00 bits per heavy atom. The van der Waals surface area contributed by atoms with Crippen LogP contribution < -0.4 is 20.8 Å². The molecular formula is C17H13NO4. The van der Waals surface area contributed by atoms with Crippen LogP contribution in [0.2, 0.25) is 0 Å². The fourth-order valence-corrected chi connectivity index (χ4v) is 2.58. The molecule has 0 atom stereocenters. The van der Waals surface area contributed by atoms with Gasteiger partial charge in [-0.3, -0.25) is 0 Å². The zero-order valence-corrected chi connectivity index (χ0v) is 11.7. The van der Waals surface area contributed by atoms with E-state index in [2.05, 4.69) is 0 Å². The summed E-state index contributed by atoms with van der Waals surface area (Å²) in [5, 5.41) is 0.815. The molecule has 2 aromatic carbocycles. The molecule has 1 aromatic heterocycles. The Morgan fingerprint density at radius 3 is 2.77 bits per heavy atom. The van der Waals surface area contributed by atoms with Gasteiger partial charge in [0.25, 0.3) is 0 Å². The Morgan fingerprint density at radius 2 is 1.86 bits per heavy atom. The largest absolute Gasteiger partial charge is 0.454 e. The van der Waals surface area contributed by atoms with E-state index >= 15 is 0 Å². The molecule has 0 radical (unpaired) electrons. The Bertz CT molecular complexity index is 930. The molecule has 0 aliphatic carbocycles. The van der Waals surface area contributed by atoms with Gasteiger partial charge in [0.1, 0.15) is 5.58 Å². The van der Waals surface area contributed by atoms with Crippen LogP contribution in [0, 0.1) is 0 Å². The minimum atomic E-state index is -0.338. The highest BCUT2D eigenvalue weighted by Crippen LogP contribution is 2.33. The first-order valence-electron chi connectivity index (χ1n) is 6.90. The molecule has 5 heteroatoms. The molecule has 1 aliphatic heterocycles. The van der Waals surface area contributed by atoms with Gasteiger partial charge < -0.3 is 19.6 Å². The summed E-state index contributed by atoms with van der Waals surface area (Å²) in [5.74, 6) is 1.42. The lowest BCUT2D eigenvalue weighted by molar-refractivity contribution is 0.174. The molecule has 0 spiro atoms. The smallest absolute Gasteiger partial charge is 0.339 e. The van der Waals surface area contributed by atoms with Crippen molar-refractivity contribution in [3.8, 4) is 11.5 Å². The number of nitrogen functional groups attached to an aromatic ring is 1. The quantitative estimate of drug-likeness (QED) is 0.581. The molecule has 2 N–H and O–H groups in total. The van der Waals surface area contributed by atoms with Gasteiger partial charge in [0, 0.05) is 23.1 Å². The number of anilines is 1. The average Bonchev–Trinajstić information content (AvgIpc) is 2.96. The van der Waals surface area contributed by atoms with Gasteiger partial charge in [-0.25, -0.2) is 4.79 Å². The van der Waals surface area contributed by atoms with Crippen molar-refractivity contribution in [1.82, 2.24) is 0 Å². The van der Waals surface area contributed by atoms with Gasteiger partial charge in [-0.1, -0.05) is 6.07 Å². The van der Waals surface area contributed by atoms with Gasteiger partial charge in [0.2, 0.25) is 6.79 Å². The molecule has 0 amide bonds. The molecule has 2 heterocycles. The third-order valence-electron chi connectivity index (χ3n) is 3.66. The molecule has 110 valence electrons. The normalized spacial score (nSPS) is 12.7. The Kier molecular flexibility index (Phi) is 2.79. The van der Waals surface area contributed by atoms with Crippen molar-refractivity contribution in [3.05, 3.63) is 64.0 Å². The van der Waals surface area contributed by atoms with Crippen molar-refractivity contribution >= 4 is 16.7 Å². The summed E-state index contributed by atoms with van der Waals surface area (Å²) in [4.78, 5) is 12.1. The topological polar surface area (TPSA) is 74.7 Å². The number of hydrogen-bond donors (Lipinski definition) is 1. The van der Waals surface area contributed by atoms with E-state index in [4.69, 9.17) is 19.6 Å². The first kappa shape index (κ1) is 12.8. The maximum atomic E-state index is 12.1. The molecule has 22 heavy (non-hydrogen) atoms. The van der Waals surface area contributed by atoms with Crippen LogP contribution in [0.5, 0.6) is 11.5 Å². The van der Waals surface area contributed by atoms with Crippen LogP contribution in [-0.2, 0) is 6.42 Å². The molecule has 0 saturated heterocycles. The van der Waals surface area contributed by atoms with Crippen molar-refractivity contribution in [2.24, 2.45) is 0 Å². The molecule has 1 aliphatic rings. The Labute approximate surface area is 125 Å². The molecule has 0 fully saturated rings. The molecule has 3 aromatic rings. The minimum Gasteiger partial charge on any atom is -0.454 e. The van der Waals surface area contributed by atoms with Crippen LogP contribution in [0.3, 0.4) is 0 Å². The van der Waals surface area contributed by atoms with Crippen LogP contribution in [0.1, 0.15) is 11.1 Å². The highest BCUT2D eigenvalue weighted by atomic mass is 16.7. The maximum absolute atomic E-state index is 12.1. The van der Waals surface area contributed by atoms with Gasteiger partial charge in [-0.2, -0.15) is 0 Å². The van der Waals surface area contributed by atoms with Gasteiger partial charge in [-0.15, -0.1) is 0 Å². The molecule has 0 unspecified atom stereocenters. The highest BCUT2D eigenvalue weighted by molar-refractivity contribution is 5.80. The van der Waals surface area contributed by atoms with E-state index in [1.54, 1.807) is 18.2 Å². The number of hydrogen-bond acceptors (Lipinski definition) is 5. The van der Waals surface area contributed by atoms with Gasteiger partial charge in [0.15, 0.2) is 11.5 Å². The van der Waals surface area contributed by atoms with Crippen molar-refractivity contribution in [2.75, 3.05) is 12.5 Å². The number of benzene rings is 2. The molecule has 0 bridgehead atoms. The second-order valence-electron chi connectivity index (χ2n) is 5.22. The van der Waals surface area contributed by atoms with Gasteiger partial charge >= 0.3 is 5.63 Å². The van der Waals surface area contributed by atoms with E-state index in [9.17, 15) is 4.79 Å². The Hall–Kier alpha value is -2.95. The van der Waals surface area contributed by atoms with E-state index in [0.29, 0.717) is 29.0 Å². The highest BCUT2D eigenvalue weighted by Gasteiger charge is 2.14. The third-order valence-corrected chi connectivity index (χ3v) is 3.66. The third kappa shape index (κ3) is 2.16. The monoisotopic (exact) mass is 295 g/mol. The van der Waals surface area contributed by atoms with Crippen molar-refractivity contribution in [2.45, 2.75) is 6.42 Å². The zero-order valence-electron chi connectivity index (χ0n) is 11.7. The number of nitrogens with two attached hydrogens (primary N) is 1. The molecule has 0 saturated carbocycles. The number of ether oxygens (including phenoxy) is 2. The second kappa shape index (κ2) is 4.80. The molecular weight excluding hydrogens is 282 g/mol. The summed E-state index contributed by atoms with van der Waals surface area (Å²) in [7, 11) is 0. The van der Waals surface area contributed by atoms with E-state index in [1.807, 2.05) is 24.3 Å². The summed E-state index contributed by atoms with van der Waals surface area (Å²) >= 11 is 0. The van der Waals surface area contributed by atoms with Crippen LogP contribution >= 0.6 is 0 Å². The van der Waals surface area contributed by atoms with E-state index < -0.39 is 0 Å². The van der Waals surface area contributed by atoms with Crippen molar-refractivity contribution in [1.29, 1.82) is 0 Å². The number of fused-ring (bicyclic) bond motifs is 2. The average molecular weight is 295 g/mol. The first-order chi connectivity index (χ1) is 10.7. The van der Waals surface area contributed by atoms with E-state index in [0.717, 1.165) is 16.7 Å². The fourth-order valence-electron chi connectivity index (χ4n) is 2.58. The summed E-state index contributed by atoms with van der Waals surface area (Å²) in [6, 6.07) is 12.7. The minimum absolute atomic E-state index is 0.232. The number of rotatable bonds is 2. The lowest BCUT2D eigenvalue weighted by atomic mass is 10.0. The lowest BCUT2D eigenvalue weighted by Crippen LogP contribution is -2.07. The molecule has 5 nitrogen and oxygen atoms in total. The van der Waals surface area contributed by atoms with Crippen LogP contribution in [0.15, 0.2) is 51.7 Å². The van der Waals surface area contributed by atoms with E-state index in [-0.39, 0.29) is 12.4 Å². The van der Waals surface area contributed by atoms with E-state index in [1.165, 1.54) is 0 Å². The zero-order chi connectivity index (χ0) is 15.1. The lowest BCUT2D eigenvalue weighted by Gasteiger charge is -2.04. The van der Waals surface area contributed by atoms with Gasteiger partial charge in [0.05, 0.1) is 0 Å². The first-order valence-corrected chi connectivity index (χ1v) is 6.90. The van der Waals surface area contributed by atoms with Gasteiger partial charge in [-0.05, 0) is 42.0 Å². The standard InChI is InChI=1S/C17H13NO4/c18-13-2-4-14-11(8-13)7-12(17(19)22-14)5-10-1-3-15-16(6-10)21-9-20-15/h1-4,6-8H,5,9,18H2. The van der Waals surface area contributed by atoms with Crippen molar-refractivity contribution in [3.63, 3.8) is 0 Å². The van der Waals surface area contributed by atoms with Crippen molar-refractivity contribution < 1.29 is 13.9 Å². The summed E-state index contributed by atoms with van der Waals surface area (Å²) in [6.45, 7) is 0.232. The SMILES string of the molecule is Nc1ccc2oc(=O)c(Cc3ccc4c(c3)OCO4)cc2c1. The van der Waals surface area contributed by atoms with Crippen LogP contribution in [0.4, 0.5) is 5.69 Å². The fraction of sp³-hybridized carbons (Fsp3) is 0.118. The predicted molar refractivity (Wildman–Crippen MR) is 82.3 cm³/mol. The second-order valence-corrected chi connectivity index (χ2v) is 5.22. The molecule has 4 rings (SSSR count). The maximum Gasteiger partial charge on any atom is 0.339 e. The summed E-state index contributed by atoms with van der Waals surface area (Å²) < 4.78 is 16.0. The Balaban J connectivity index is 1.74.